The Morgan fingerprint density at radius 3 is 2.50 bits per heavy atom. The quantitative estimate of drug-likeness (QED) is 0.592. The molecule has 0 aromatic heterocycles. The molecule has 0 radical (unpaired) electrons. The molecule has 2 N–H and O–H groups in total. The van der Waals surface area contributed by atoms with Gasteiger partial charge in [0.05, 0.1) is 11.4 Å². The molecule has 3 nitrogen and oxygen atoms in total. The Kier molecular flexibility index (Phi) is 2.96. The van der Waals surface area contributed by atoms with Gasteiger partial charge in [-0.2, -0.15) is 5.11 Å². The highest BCUT2D eigenvalue weighted by Gasteiger charge is 1.94. The molecular weight excluding hydrogens is 198 g/mol. The first-order chi connectivity index (χ1) is 7.75. The van der Waals surface area contributed by atoms with Crippen molar-refractivity contribution in [1.29, 1.82) is 0 Å². The number of anilines is 1. The van der Waals surface area contributed by atoms with Gasteiger partial charge in [-0.3, -0.25) is 0 Å². The first-order valence-corrected chi connectivity index (χ1v) is 5.08. The molecule has 0 saturated carbocycles. The van der Waals surface area contributed by atoms with E-state index in [4.69, 9.17) is 5.73 Å². The van der Waals surface area contributed by atoms with E-state index < -0.39 is 0 Å². The number of hydrogen-bond acceptors (Lipinski definition) is 3. The van der Waals surface area contributed by atoms with Gasteiger partial charge in [0.15, 0.2) is 0 Å². The first-order valence-electron chi connectivity index (χ1n) is 5.08. The van der Waals surface area contributed by atoms with Gasteiger partial charge in [0.2, 0.25) is 0 Å². The number of para-hydroxylation sites is 1. The summed E-state index contributed by atoms with van der Waals surface area (Å²) in [7, 11) is 0. The molecule has 0 amide bonds. The van der Waals surface area contributed by atoms with Gasteiger partial charge in [0.25, 0.3) is 0 Å². The van der Waals surface area contributed by atoms with Crippen molar-refractivity contribution in [3.63, 3.8) is 0 Å². The van der Waals surface area contributed by atoms with Gasteiger partial charge >= 0.3 is 0 Å². The van der Waals surface area contributed by atoms with E-state index in [1.807, 2.05) is 55.5 Å². The number of aryl methyl sites for hydroxylation is 1. The molecule has 0 heterocycles. The van der Waals surface area contributed by atoms with E-state index in [0.717, 1.165) is 11.3 Å². The Bertz CT molecular complexity index is 518. The van der Waals surface area contributed by atoms with Crippen LogP contribution in [0.3, 0.4) is 0 Å². The molecule has 2 aromatic rings. The smallest absolute Gasteiger partial charge is 0.109 e. The summed E-state index contributed by atoms with van der Waals surface area (Å²) in [5, 5.41) is 8.26. The molecule has 16 heavy (non-hydrogen) atoms. The van der Waals surface area contributed by atoms with E-state index in [2.05, 4.69) is 10.2 Å². The Labute approximate surface area is 94.6 Å². The first kappa shape index (κ1) is 10.4. The molecule has 0 unspecified atom stereocenters. The summed E-state index contributed by atoms with van der Waals surface area (Å²) in [6.07, 6.45) is 0. The van der Waals surface area contributed by atoms with Crippen LogP contribution in [0.2, 0.25) is 0 Å². The van der Waals surface area contributed by atoms with Crippen LogP contribution in [0.1, 0.15) is 5.56 Å². The molecule has 0 aliphatic heterocycles. The maximum absolute atomic E-state index is 5.76. The lowest BCUT2D eigenvalue weighted by Gasteiger charge is -1.97. The second kappa shape index (κ2) is 4.57. The van der Waals surface area contributed by atoms with Crippen LogP contribution in [-0.2, 0) is 0 Å². The molecule has 0 aliphatic carbocycles. The Morgan fingerprint density at radius 1 is 0.938 bits per heavy atom. The Hall–Kier alpha value is -2.16. The molecule has 0 fully saturated rings. The van der Waals surface area contributed by atoms with Crippen LogP contribution >= 0.6 is 0 Å². The summed E-state index contributed by atoms with van der Waals surface area (Å²) in [6, 6.07) is 15.3. The van der Waals surface area contributed by atoms with E-state index in [9.17, 15) is 0 Å². The van der Waals surface area contributed by atoms with Gasteiger partial charge < -0.3 is 5.73 Å². The highest BCUT2D eigenvalue weighted by Crippen LogP contribution is 2.23. The number of nitrogens with two attached hydrogens (primary N) is 1. The van der Waals surface area contributed by atoms with Crippen molar-refractivity contribution in [2.75, 3.05) is 5.73 Å². The van der Waals surface area contributed by atoms with E-state index in [-0.39, 0.29) is 0 Å². The van der Waals surface area contributed by atoms with Crippen LogP contribution in [0.4, 0.5) is 17.1 Å². The van der Waals surface area contributed by atoms with E-state index >= 15 is 0 Å². The van der Waals surface area contributed by atoms with Crippen molar-refractivity contribution in [3.8, 4) is 0 Å². The molecule has 80 valence electrons. The zero-order valence-corrected chi connectivity index (χ0v) is 9.09. The minimum Gasteiger partial charge on any atom is -0.397 e. The predicted molar refractivity (Wildman–Crippen MR) is 66.2 cm³/mol. The SMILES string of the molecule is Cc1cccc(N=Nc2ccccc2N)c1. The lowest BCUT2D eigenvalue weighted by Crippen LogP contribution is -1.82. The Morgan fingerprint density at radius 2 is 1.75 bits per heavy atom. The van der Waals surface area contributed by atoms with Crippen molar-refractivity contribution in [2.45, 2.75) is 6.92 Å². The number of benzene rings is 2. The monoisotopic (exact) mass is 211 g/mol. The van der Waals surface area contributed by atoms with Crippen LogP contribution in [0.15, 0.2) is 58.8 Å². The second-order valence-electron chi connectivity index (χ2n) is 3.60. The minimum atomic E-state index is 0.638. The summed E-state index contributed by atoms with van der Waals surface area (Å²) in [6.45, 7) is 2.02. The Balaban J connectivity index is 2.25. The molecule has 0 saturated heterocycles. The topological polar surface area (TPSA) is 50.7 Å². The molecule has 0 aliphatic rings. The summed E-state index contributed by atoms with van der Waals surface area (Å²) >= 11 is 0. The molecule has 0 bridgehead atoms. The molecule has 3 heteroatoms. The van der Waals surface area contributed by atoms with Crippen molar-refractivity contribution in [1.82, 2.24) is 0 Å². The number of nitrogens with zero attached hydrogens (tertiary/aromatic N) is 2. The van der Waals surface area contributed by atoms with E-state index in [1.54, 1.807) is 0 Å². The van der Waals surface area contributed by atoms with Crippen molar-refractivity contribution in [2.24, 2.45) is 10.2 Å². The summed E-state index contributed by atoms with van der Waals surface area (Å²) in [4.78, 5) is 0. The van der Waals surface area contributed by atoms with Gasteiger partial charge in [-0.1, -0.05) is 24.3 Å². The van der Waals surface area contributed by atoms with Gasteiger partial charge in [0, 0.05) is 0 Å². The molecule has 2 rings (SSSR count). The normalized spacial score (nSPS) is 10.8. The number of azo groups is 1. The van der Waals surface area contributed by atoms with E-state index in [1.165, 1.54) is 0 Å². The lowest BCUT2D eigenvalue weighted by molar-refractivity contribution is 1.23. The molecule has 0 atom stereocenters. The van der Waals surface area contributed by atoms with Gasteiger partial charge in [0.1, 0.15) is 5.69 Å². The fraction of sp³-hybridized carbons (Fsp3) is 0.0769. The van der Waals surface area contributed by atoms with Crippen LogP contribution in [-0.4, -0.2) is 0 Å². The van der Waals surface area contributed by atoms with Crippen molar-refractivity contribution >= 4 is 17.1 Å². The van der Waals surface area contributed by atoms with E-state index in [0.29, 0.717) is 11.4 Å². The lowest BCUT2D eigenvalue weighted by atomic mass is 10.2. The van der Waals surface area contributed by atoms with Gasteiger partial charge in [-0.05, 0) is 36.8 Å². The van der Waals surface area contributed by atoms with Crippen molar-refractivity contribution < 1.29 is 0 Å². The molecule has 0 spiro atoms. The maximum atomic E-state index is 5.76. The predicted octanol–water partition coefficient (Wildman–Crippen LogP) is 3.99. The number of nitrogen functional groups attached to an aromatic ring is 1. The van der Waals surface area contributed by atoms with Crippen molar-refractivity contribution in [3.05, 3.63) is 54.1 Å². The third kappa shape index (κ3) is 2.45. The fourth-order valence-corrected chi connectivity index (χ4v) is 1.38. The minimum absolute atomic E-state index is 0.638. The average Bonchev–Trinajstić information content (AvgIpc) is 2.28. The highest BCUT2D eigenvalue weighted by molar-refractivity contribution is 5.61. The van der Waals surface area contributed by atoms with Crippen LogP contribution in [0.25, 0.3) is 0 Å². The zero-order valence-electron chi connectivity index (χ0n) is 9.09. The van der Waals surface area contributed by atoms with Gasteiger partial charge in [-0.25, -0.2) is 0 Å². The summed E-state index contributed by atoms with van der Waals surface area (Å²) in [5.74, 6) is 0. The summed E-state index contributed by atoms with van der Waals surface area (Å²) in [5.41, 5.74) is 9.10. The largest absolute Gasteiger partial charge is 0.397 e. The number of hydrogen-bond donors (Lipinski definition) is 1. The van der Waals surface area contributed by atoms with Crippen LogP contribution in [0, 0.1) is 6.92 Å². The van der Waals surface area contributed by atoms with Gasteiger partial charge in [-0.15, -0.1) is 5.11 Å². The van der Waals surface area contributed by atoms with Crippen LogP contribution in [0.5, 0.6) is 0 Å². The maximum Gasteiger partial charge on any atom is 0.109 e. The highest BCUT2D eigenvalue weighted by atomic mass is 15.1. The third-order valence-corrected chi connectivity index (χ3v) is 2.21. The van der Waals surface area contributed by atoms with Crippen LogP contribution < -0.4 is 5.73 Å². The summed E-state index contributed by atoms with van der Waals surface area (Å²) < 4.78 is 0. The average molecular weight is 211 g/mol. The number of rotatable bonds is 2. The molecule has 2 aromatic carbocycles. The molecular formula is C13H13N3. The second-order valence-corrected chi connectivity index (χ2v) is 3.60. The third-order valence-electron chi connectivity index (χ3n) is 2.21. The zero-order chi connectivity index (χ0) is 11.4. The standard InChI is InChI=1S/C13H13N3/c1-10-5-4-6-11(9-10)15-16-13-8-3-2-7-12(13)14/h2-9H,14H2,1H3. The fourth-order valence-electron chi connectivity index (χ4n) is 1.38.